The summed E-state index contributed by atoms with van der Waals surface area (Å²) in [4.78, 5) is 40.4. The second-order valence-electron chi connectivity index (χ2n) is 9.64. The summed E-state index contributed by atoms with van der Waals surface area (Å²) < 4.78 is 5.48. The minimum atomic E-state index is -0.542. The van der Waals surface area contributed by atoms with Crippen molar-refractivity contribution in [2.75, 3.05) is 19.6 Å². The highest BCUT2D eigenvalue weighted by molar-refractivity contribution is 5.92. The van der Waals surface area contributed by atoms with Crippen LogP contribution in [-0.4, -0.2) is 58.5 Å². The first-order valence-electron chi connectivity index (χ1n) is 10.1. The van der Waals surface area contributed by atoms with Crippen molar-refractivity contribution < 1.29 is 19.1 Å². The van der Waals surface area contributed by atoms with E-state index in [9.17, 15) is 14.4 Å². The largest absolute Gasteiger partial charge is 0.444 e. The van der Waals surface area contributed by atoms with Gasteiger partial charge in [-0.15, -0.1) is 0 Å². The smallest absolute Gasteiger partial charge is 0.410 e. The van der Waals surface area contributed by atoms with Gasteiger partial charge < -0.3 is 20.3 Å². The molecule has 1 saturated heterocycles. The first-order valence-corrected chi connectivity index (χ1v) is 10.1. The Bertz CT molecular complexity index is 810. The third-order valence-electron chi connectivity index (χ3n) is 5.55. The Labute approximate surface area is 172 Å². The Hall–Kier alpha value is -2.57. The molecular formula is C22H31N3O4. The fourth-order valence-corrected chi connectivity index (χ4v) is 3.98. The van der Waals surface area contributed by atoms with Gasteiger partial charge >= 0.3 is 6.09 Å². The van der Waals surface area contributed by atoms with E-state index in [1.54, 1.807) is 17.0 Å². The Kier molecular flexibility index (Phi) is 5.36. The highest BCUT2D eigenvalue weighted by Gasteiger charge is 2.49. The lowest BCUT2D eigenvalue weighted by Gasteiger charge is -2.47. The number of rotatable bonds is 3. The monoisotopic (exact) mass is 401 g/mol. The van der Waals surface area contributed by atoms with Gasteiger partial charge in [-0.05, 0) is 64.7 Å². The van der Waals surface area contributed by atoms with Crippen LogP contribution < -0.4 is 5.73 Å². The van der Waals surface area contributed by atoms with E-state index in [0.29, 0.717) is 25.2 Å². The number of piperazine rings is 1. The normalized spacial score (nSPS) is 23.5. The minimum Gasteiger partial charge on any atom is -0.444 e. The van der Waals surface area contributed by atoms with E-state index in [2.05, 4.69) is 0 Å². The number of carbonyl (C=O) groups excluding carboxylic acids is 3. The number of primary amides is 1. The molecule has 3 amide bonds. The van der Waals surface area contributed by atoms with E-state index < -0.39 is 17.0 Å². The van der Waals surface area contributed by atoms with Crippen LogP contribution in [0.2, 0.25) is 0 Å². The number of benzene rings is 1. The Morgan fingerprint density at radius 3 is 2.24 bits per heavy atom. The van der Waals surface area contributed by atoms with Gasteiger partial charge in [0.05, 0.1) is 5.54 Å². The predicted octanol–water partition coefficient (Wildman–Crippen LogP) is 2.75. The molecule has 29 heavy (non-hydrogen) atoms. The van der Waals surface area contributed by atoms with Gasteiger partial charge in [0.1, 0.15) is 5.60 Å². The van der Waals surface area contributed by atoms with Gasteiger partial charge in [0.25, 0.3) is 0 Å². The van der Waals surface area contributed by atoms with Gasteiger partial charge in [0.15, 0.2) is 0 Å². The van der Waals surface area contributed by atoms with E-state index in [4.69, 9.17) is 10.5 Å². The zero-order valence-corrected chi connectivity index (χ0v) is 17.9. The molecular weight excluding hydrogens is 370 g/mol. The van der Waals surface area contributed by atoms with Crippen molar-refractivity contribution in [1.82, 2.24) is 9.80 Å². The lowest BCUT2D eigenvalue weighted by Crippen LogP contribution is -2.62. The summed E-state index contributed by atoms with van der Waals surface area (Å²) in [5.41, 5.74) is 5.81. The van der Waals surface area contributed by atoms with Crippen molar-refractivity contribution in [3.8, 4) is 0 Å². The first-order chi connectivity index (χ1) is 13.4. The number of nitrogens with zero attached hydrogens (tertiary/aromatic N) is 2. The van der Waals surface area contributed by atoms with Crippen LogP contribution in [0.15, 0.2) is 24.3 Å². The van der Waals surface area contributed by atoms with Crippen LogP contribution in [0.25, 0.3) is 0 Å². The van der Waals surface area contributed by atoms with Crippen LogP contribution in [0.1, 0.15) is 62.9 Å². The van der Waals surface area contributed by atoms with Crippen molar-refractivity contribution in [1.29, 1.82) is 0 Å². The quantitative estimate of drug-likeness (QED) is 0.843. The maximum Gasteiger partial charge on any atom is 0.410 e. The third-order valence-corrected chi connectivity index (χ3v) is 5.55. The van der Waals surface area contributed by atoms with E-state index in [1.807, 2.05) is 51.7 Å². The Morgan fingerprint density at radius 1 is 1.10 bits per heavy atom. The summed E-state index contributed by atoms with van der Waals surface area (Å²) in [6, 6.07) is 7.18. The zero-order valence-electron chi connectivity index (χ0n) is 17.9. The van der Waals surface area contributed by atoms with E-state index in [1.165, 1.54) is 0 Å². The van der Waals surface area contributed by atoms with E-state index in [-0.39, 0.29) is 23.8 Å². The van der Waals surface area contributed by atoms with Crippen molar-refractivity contribution in [3.05, 3.63) is 35.4 Å². The first kappa shape index (κ1) is 21.1. The maximum atomic E-state index is 13.2. The molecule has 3 rings (SSSR count). The predicted molar refractivity (Wildman–Crippen MR) is 109 cm³/mol. The summed E-state index contributed by atoms with van der Waals surface area (Å²) in [5.74, 6) is -0.210. The lowest BCUT2D eigenvalue weighted by atomic mass is 9.97. The summed E-state index contributed by atoms with van der Waals surface area (Å²) in [6.45, 7) is 10.9. The second kappa shape index (κ2) is 7.35. The molecule has 0 unspecified atom stereocenters. The standard InChI is InChI=1S/C22H31N3O4/c1-21(2,3)29-20(28)24-10-11-25(22(4,5)13-24)19(27)17-12-16(17)14-6-8-15(9-7-14)18(23)26/h6-9,16-17H,10-13H2,1-5H3,(H2,23,26)/t16-,17+/m0/s1. The van der Waals surface area contributed by atoms with Crippen LogP contribution in [0.5, 0.6) is 0 Å². The van der Waals surface area contributed by atoms with Gasteiger partial charge in [-0.1, -0.05) is 12.1 Å². The van der Waals surface area contributed by atoms with Crippen LogP contribution in [0.4, 0.5) is 4.79 Å². The van der Waals surface area contributed by atoms with Crippen molar-refractivity contribution in [3.63, 3.8) is 0 Å². The Balaban J connectivity index is 1.62. The van der Waals surface area contributed by atoms with E-state index >= 15 is 0 Å². The summed E-state index contributed by atoms with van der Waals surface area (Å²) in [7, 11) is 0. The highest BCUT2D eigenvalue weighted by Crippen LogP contribution is 2.49. The number of amides is 3. The molecule has 2 aliphatic rings. The lowest BCUT2D eigenvalue weighted by molar-refractivity contribution is -0.141. The number of hydrogen-bond acceptors (Lipinski definition) is 4. The number of nitrogens with two attached hydrogens (primary N) is 1. The summed E-state index contributed by atoms with van der Waals surface area (Å²) in [6.07, 6.45) is 0.466. The van der Waals surface area contributed by atoms with Gasteiger partial charge in [-0.3, -0.25) is 9.59 Å². The fraction of sp³-hybridized carbons (Fsp3) is 0.591. The molecule has 2 N–H and O–H groups in total. The van der Waals surface area contributed by atoms with Crippen LogP contribution in [0, 0.1) is 5.92 Å². The van der Waals surface area contributed by atoms with Gasteiger partial charge in [0, 0.05) is 31.1 Å². The van der Waals surface area contributed by atoms with Crippen molar-refractivity contribution in [2.45, 2.75) is 58.1 Å². The maximum absolute atomic E-state index is 13.2. The van der Waals surface area contributed by atoms with Crippen LogP contribution >= 0.6 is 0 Å². The average Bonchev–Trinajstić information content (AvgIpc) is 3.39. The van der Waals surface area contributed by atoms with Crippen LogP contribution in [-0.2, 0) is 9.53 Å². The molecule has 0 bridgehead atoms. The van der Waals surface area contributed by atoms with Crippen LogP contribution in [0.3, 0.4) is 0 Å². The topological polar surface area (TPSA) is 92.9 Å². The molecule has 1 aliphatic heterocycles. The molecule has 1 heterocycles. The summed E-state index contributed by atoms with van der Waals surface area (Å²) >= 11 is 0. The molecule has 0 spiro atoms. The average molecular weight is 402 g/mol. The second-order valence-corrected chi connectivity index (χ2v) is 9.64. The molecule has 1 aromatic carbocycles. The minimum absolute atomic E-state index is 0.0539. The molecule has 2 fully saturated rings. The van der Waals surface area contributed by atoms with Gasteiger partial charge in [0.2, 0.25) is 11.8 Å². The molecule has 1 aliphatic carbocycles. The van der Waals surface area contributed by atoms with Gasteiger partial charge in [-0.25, -0.2) is 4.79 Å². The van der Waals surface area contributed by atoms with Crippen molar-refractivity contribution in [2.24, 2.45) is 11.7 Å². The third kappa shape index (κ3) is 4.71. The number of hydrogen-bond donors (Lipinski definition) is 1. The highest BCUT2D eigenvalue weighted by atomic mass is 16.6. The molecule has 1 aromatic rings. The zero-order chi connectivity index (χ0) is 21.6. The van der Waals surface area contributed by atoms with Gasteiger partial charge in [-0.2, -0.15) is 0 Å². The molecule has 7 nitrogen and oxygen atoms in total. The molecule has 0 aromatic heterocycles. The molecule has 158 valence electrons. The fourth-order valence-electron chi connectivity index (χ4n) is 3.98. The molecule has 7 heteroatoms. The SMILES string of the molecule is CC(C)(C)OC(=O)N1CCN(C(=O)[C@@H]2C[C@H]2c2ccc(C(N)=O)cc2)C(C)(C)C1. The van der Waals surface area contributed by atoms with Crippen molar-refractivity contribution >= 4 is 17.9 Å². The Morgan fingerprint density at radius 2 is 1.72 bits per heavy atom. The molecule has 2 atom stereocenters. The molecule has 0 radical (unpaired) electrons. The molecule has 1 saturated carbocycles. The number of ether oxygens (including phenoxy) is 1. The summed E-state index contributed by atoms with van der Waals surface area (Å²) in [5, 5.41) is 0. The number of carbonyl (C=O) groups is 3. The van der Waals surface area contributed by atoms with E-state index in [0.717, 1.165) is 12.0 Å².